The van der Waals surface area contributed by atoms with Gasteiger partial charge in [0.05, 0.1) is 5.75 Å². The minimum absolute atomic E-state index is 0.0917. The Labute approximate surface area is 151 Å². The molecule has 1 aromatic carbocycles. The van der Waals surface area contributed by atoms with Gasteiger partial charge in [0.1, 0.15) is 5.75 Å². The number of thioether (sulfide) groups is 1. The molecule has 1 aromatic rings. The molecule has 0 spiro atoms. The summed E-state index contributed by atoms with van der Waals surface area (Å²) in [5, 5.41) is -0.267. The average molecular weight is 388 g/mol. The van der Waals surface area contributed by atoms with Crippen LogP contribution >= 0.6 is 11.8 Å². The molecule has 6 nitrogen and oxygen atoms in total. The summed E-state index contributed by atoms with van der Waals surface area (Å²) in [6, 6.07) is 4.67. The minimum Gasteiger partial charge on any atom is -0.406 e. The lowest BCUT2D eigenvalue weighted by Gasteiger charge is -2.35. The minimum atomic E-state index is -4.83. The number of alkyl halides is 3. The Kier molecular flexibility index (Phi) is 5.12. The number of carbonyl (C=O) groups excluding carboxylic acids is 3. The van der Waals surface area contributed by atoms with Crippen LogP contribution in [0.5, 0.6) is 5.75 Å². The van der Waals surface area contributed by atoms with Gasteiger partial charge < -0.3 is 9.64 Å². The molecule has 2 saturated heterocycles. The van der Waals surface area contributed by atoms with Gasteiger partial charge >= 0.3 is 6.36 Å². The summed E-state index contributed by atoms with van der Waals surface area (Å²) < 4.78 is 40.7. The molecule has 0 aromatic heterocycles. The highest BCUT2D eigenvalue weighted by atomic mass is 32.2. The van der Waals surface area contributed by atoms with E-state index >= 15 is 0 Å². The summed E-state index contributed by atoms with van der Waals surface area (Å²) >= 11 is 0.968. The highest BCUT2D eigenvalue weighted by Gasteiger charge is 2.38. The van der Waals surface area contributed by atoms with Gasteiger partial charge in [0.15, 0.2) is 0 Å². The number of imide groups is 1. The molecule has 2 aliphatic rings. The first kappa shape index (κ1) is 18.6. The summed E-state index contributed by atoms with van der Waals surface area (Å²) in [6.45, 7) is 0.630. The van der Waals surface area contributed by atoms with Gasteiger partial charge in [0, 0.05) is 24.7 Å². The van der Waals surface area contributed by atoms with E-state index < -0.39 is 18.0 Å². The zero-order chi connectivity index (χ0) is 18.9. The summed E-state index contributed by atoms with van der Waals surface area (Å²) in [5.74, 6) is -0.945. The Morgan fingerprint density at radius 3 is 2.46 bits per heavy atom. The van der Waals surface area contributed by atoms with Crippen LogP contribution < -0.4 is 4.74 Å². The standard InChI is InChI=1S/C16H15F3N2O4S/c17-16(18,19)25-12-3-1-2-10(8-12)14(23)20-6-4-11(5-7-20)21-13(22)9-26-15(21)24/h1-3,8,11H,4-7,9H2. The van der Waals surface area contributed by atoms with Crippen molar-refractivity contribution in [2.24, 2.45) is 0 Å². The van der Waals surface area contributed by atoms with Gasteiger partial charge in [-0.2, -0.15) is 0 Å². The molecule has 0 atom stereocenters. The van der Waals surface area contributed by atoms with Crippen LogP contribution in [0.1, 0.15) is 23.2 Å². The molecule has 0 unspecified atom stereocenters. The van der Waals surface area contributed by atoms with Crippen molar-refractivity contribution in [3.8, 4) is 5.75 Å². The van der Waals surface area contributed by atoms with E-state index in [0.29, 0.717) is 25.9 Å². The SMILES string of the molecule is O=C(c1cccc(OC(F)(F)F)c1)N1CCC(N2C(=O)CSC2=O)CC1. The fourth-order valence-electron chi connectivity index (χ4n) is 3.05. The number of halogens is 3. The lowest BCUT2D eigenvalue weighted by atomic mass is 10.0. The van der Waals surface area contributed by atoms with Crippen molar-refractivity contribution in [1.29, 1.82) is 0 Å². The number of piperidine rings is 1. The molecule has 2 fully saturated rings. The van der Waals surface area contributed by atoms with E-state index in [2.05, 4.69) is 4.74 Å². The van der Waals surface area contributed by atoms with Crippen molar-refractivity contribution in [3.63, 3.8) is 0 Å². The van der Waals surface area contributed by atoms with E-state index in [1.165, 1.54) is 21.9 Å². The van der Waals surface area contributed by atoms with Crippen LogP contribution in [0.25, 0.3) is 0 Å². The maximum atomic E-state index is 12.5. The number of amides is 3. The van der Waals surface area contributed by atoms with Crippen molar-refractivity contribution >= 4 is 28.8 Å². The van der Waals surface area contributed by atoms with Crippen molar-refractivity contribution in [2.75, 3.05) is 18.8 Å². The molecule has 3 amide bonds. The Morgan fingerprint density at radius 1 is 1.19 bits per heavy atom. The van der Waals surface area contributed by atoms with Crippen molar-refractivity contribution < 1.29 is 32.3 Å². The highest BCUT2D eigenvalue weighted by Crippen LogP contribution is 2.28. The van der Waals surface area contributed by atoms with Crippen molar-refractivity contribution in [1.82, 2.24) is 9.80 Å². The third-order valence-electron chi connectivity index (χ3n) is 4.22. The van der Waals surface area contributed by atoms with E-state index in [1.54, 1.807) is 0 Å². The lowest BCUT2D eigenvalue weighted by Crippen LogP contribution is -2.48. The first-order valence-electron chi connectivity index (χ1n) is 7.88. The van der Waals surface area contributed by atoms with E-state index in [9.17, 15) is 27.6 Å². The van der Waals surface area contributed by atoms with Gasteiger partial charge in [-0.3, -0.25) is 19.3 Å². The number of hydrogen-bond donors (Lipinski definition) is 0. The number of ether oxygens (including phenoxy) is 1. The van der Waals surface area contributed by atoms with Crippen LogP contribution in [-0.4, -0.2) is 58.1 Å². The summed E-state index contributed by atoms with van der Waals surface area (Å²) in [7, 11) is 0. The molecule has 10 heteroatoms. The number of carbonyl (C=O) groups is 3. The first-order valence-corrected chi connectivity index (χ1v) is 8.87. The van der Waals surface area contributed by atoms with Crippen LogP contribution in [0.15, 0.2) is 24.3 Å². The molecule has 0 aliphatic carbocycles. The molecule has 26 heavy (non-hydrogen) atoms. The molecule has 0 bridgehead atoms. The number of rotatable bonds is 3. The largest absolute Gasteiger partial charge is 0.573 e. The van der Waals surface area contributed by atoms with Gasteiger partial charge in [0.25, 0.3) is 11.1 Å². The summed E-state index contributed by atoms with van der Waals surface area (Å²) in [4.78, 5) is 38.8. The van der Waals surface area contributed by atoms with Crippen LogP contribution in [0.3, 0.4) is 0 Å². The second-order valence-electron chi connectivity index (χ2n) is 5.92. The fourth-order valence-corrected chi connectivity index (χ4v) is 3.83. The zero-order valence-electron chi connectivity index (χ0n) is 13.5. The quantitative estimate of drug-likeness (QED) is 0.797. The van der Waals surface area contributed by atoms with Crippen LogP contribution in [0.2, 0.25) is 0 Å². The molecule has 0 N–H and O–H groups in total. The molecule has 3 rings (SSSR count). The maximum absolute atomic E-state index is 12.5. The van der Waals surface area contributed by atoms with Crippen LogP contribution in [0.4, 0.5) is 18.0 Å². The summed E-state index contributed by atoms with van der Waals surface area (Å²) in [5.41, 5.74) is 0.0917. The third-order valence-corrected chi connectivity index (χ3v) is 5.05. The van der Waals surface area contributed by atoms with E-state index in [4.69, 9.17) is 0 Å². The average Bonchev–Trinajstić information content (AvgIpc) is 2.92. The highest BCUT2D eigenvalue weighted by molar-refractivity contribution is 8.14. The lowest BCUT2D eigenvalue weighted by molar-refractivity contribution is -0.274. The topological polar surface area (TPSA) is 66.9 Å². The molecule has 2 aliphatic heterocycles. The van der Waals surface area contributed by atoms with E-state index in [1.807, 2.05) is 0 Å². The molecule has 0 saturated carbocycles. The number of hydrogen-bond acceptors (Lipinski definition) is 5. The van der Waals surface area contributed by atoms with Gasteiger partial charge in [-0.05, 0) is 31.0 Å². The maximum Gasteiger partial charge on any atom is 0.573 e. The second kappa shape index (κ2) is 7.18. The number of likely N-dealkylation sites (tertiary alicyclic amines) is 1. The number of benzene rings is 1. The Balaban J connectivity index is 1.63. The van der Waals surface area contributed by atoms with Gasteiger partial charge in [0.2, 0.25) is 5.91 Å². The Hall–Kier alpha value is -2.23. The van der Waals surface area contributed by atoms with Crippen LogP contribution in [-0.2, 0) is 4.79 Å². The fraction of sp³-hybridized carbons (Fsp3) is 0.438. The van der Waals surface area contributed by atoms with E-state index in [0.717, 1.165) is 23.9 Å². The van der Waals surface area contributed by atoms with Crippen molar-refractivity contribution in [3.05, 3.63) is 29.8 Å². The predicted molar refractivity (Wildman–Crippen MR) is 86.8 cm³/mol. The molecule has 0 radical (unpaired) electrons. The monoisotopic (exact) mass is 388 g/mol. The van der Waals surface area contributed by atoms with Gasteiger partial charge in [-0.15, -0.1) is 13.2 Å². The molecular formula is C16H15F3N2O4S. The summed E-state index contributed by atoms with van der Waals surface area (Å²) in [6.07, 6.45) is -3.93. The molecule has 140 valence electrons. The normalized spacial score (nSPS) is 19.2. The number of nitrogens with zero attached hydrogens (tertiary/aromatic N) is 2. The Morgan fingerprint density at radius 2 is 1.88 bits per heavy atom. The van der Waals surface area contributed by atoms with Gasteiger partial charge in [-0.1, -0.05) is 17.8 Å². The molecule has 2 heterocycles. The smallest absolute Gasteiger partial charge is 0.406 e. The first-order chi connectivity index (χ1) is 12.2. The van der Waals surface area contributed by atoms with Crippen LogP contribution in [0, 0.1) is 0 Å². The van der Waals surface area contributed by atoms with E-state index in [-0.39, 0.29) is 28.5 Å². The Bertz CT molecular complexity index is 716. The predicted octanol–water partition coefficient (Wildman–Crippen LogP) is 2.89. The third kappa shape index (κ3) is 4.12. The van der Waals surface area contributed by atoms with Crippen molar-refractivity contribution in [2.45, 2.75) is 25.2 Å². The zero-order valence-corrected chi connectivity index (χ0v) is 14.3. The second-order valence-corrected chi connectivity index (χ2v) is 6.84. The van der Waals surface area contributed by atoms with Gasteiger partial charge in [-0.25, -0.2) is 0 Å². The molecular weight excluding hydrogens is 373 g/mol.